The number of benzene rings is 1. The minimum Gasteiger partial charge on any atom is -0.485 e. The highest BCUT2D eigenvalue weighted by Gasteiger charge is 2.41. The summed E-state index contributed by atoms with van der Waals surface area (Å²) in [5.41, 5.74) is 7.43. The number of nitrogens with two attached hydrogens (primary N) is 1. The van der Waals surface area contributed by atoms with Crippen molar-refractivity contribution in [1.29, 1.82) is 5.41 Å². The second-order valence-electron chi connectivity index (χ2n) is 16.7. The number of halogens is 1. The third kappa shape index (κ3) is 9.22. The highest BCUT2D eigenvalue weighted by atomic mass is 32.2. The molecule has 5 N–H and O–H groups in total. The lowest BCUT2D eigenvalue weighted by Gasteiger charge is -2.46. The van der Waals surface area contributed by atoms with E-state index in [2.05, 4.69) is 36.7 Å². The molecule has 1 aromatic carbocycles. The second-order valence-corrected chi connectivity index (χ2v) is 18.6. The monoisotopic (exact) mass is 874 g/mol. The lowest BCUT2D eigenvalue weighted by Crippen LogP contribution is -2.55. The fraction of sp³-hybridized carbons (Fsp3) is 0.500. The first-order chi connectivity index (χ1) is 29.7. The van der Waals surface area contributed by atoms with Crippen LogP contribution in [0, 0.1) is 29.0 Å². The molecule has 18 nitrogen and oxygen atoms in total. The van der Waals surface area contributed by atoms with E-state index in [1.54, 1.807) is 11.9 Å². The largest absolute Gasteiger partial charge is 0.485 e. The molecule has 0 spiro atoms. The Morgan fingerprint density at radius 3 is 2.52 bits per heavy atom. The number of imide groups is 1. The van der Waals surface area contributed by atoms with Gasteiger partial charge in [0.2, 0.25) is 39.8 Å². The number of nitrogens with one attached hydrogen (secondary N) is 3. The number of fused-ring (bicyclic) bond motifs is 1. The number of likely N-dealkylation sites (N-methyl/N-ethyl adjacent to an activating group) is 2. The zero-order valence-corrected chi connectivity index (χ0v) is 36.2. The molecule has 0 bridgehead atoms. The van der Waals surface area contributed by atoms with Crippen LogP contribution in [0.3, 0.4) is 0 Å². The van der Waals surface area contributed by atoms with Crippen LogP contribution in [0.2, 0.25) is 0 Å². The predicted molar refractivity (Wildman–Crippen MR) is 230 cm³/mol. The van der Waals surface area contributed by atoms with Crippen molar-refractivity contribution in [2.45, 2.75) is 75.5 Å². The molecule has 3 aromatic rings. The summed E-state index contributed by atoms with van der Waals surface area (Å²) in [6.07, 6.45) is 14.3. The number of ether oxygens (including phenoxy) is 1. The van der Waals surface area contributed by atoms with Crippen LogP contribution in [-0.4, -0.2) is 136 Å². The van der Waals surface area contributed by atoms with Gasteiger partial charge in [0.25, 0.3) is 0 Å². The molecule has 3 fully saturated rings. The summed E-state index contributed by atoms with van der Waals surface area (Å²) in [7, 11) is -0.339. The summed E-state index contributed by atoms with van der Waals surface area (Å²) in [5, 5.41) is 17.3. The summed E-state index contributed by atoms with van der Waals surface area (Å²) in [6.45, 7) is 6.90. The summed E-state index contributed by atoms with van der Waals surface area (Å²) in [6, 6.07) is 2.97. The van der Waals surface area contributed by atoms with Gasteiger partial charge in [-0.1, -0.05) is 12.2 Å². The topological polar surface area (TPSA) is 225 Å². The molecule has 5 heterocycles. The smallest absolute Gasteiger partial charge is 0.249 e. The van der Waals surface area contributed by atoms with Crippen molar-refractivity contribution in [3.05, 3.63) is 66.2 Å². The summed E-state index contributed by atoms with van der Waals surface area (Å²) in [4.78, 5) is 51.4. The zero-order chi connectivity index (χ0) is 44.3. The van der Waals surface area contributed by atoms with Crippen molar-refractivity contribution >= 4 is 57.3 Å². The first kappa shape index (κ1) is 44.3. The van der Waals surface area contributed by atoms with Crippen LogP contribution >= 0.6 is 0 Å². The normalized spacial score (nSPS) is 22.4. The average Bonchev–Trinajstić information content (AvgIpc) is 3.68. The van der Waals surface area contributed by atoms with Gasteiger partial charge in [0.1, 0.15) is 23.9 Å². The number of anilines is 2. The Morgan fingerprint density at radius 2 is 1.87 bits per heavy atom. The Bertz CT molecular complexity index is 2390. The molecule has 1 aliphatic carbocycles. The van der Waals surface area contributed by atoms with Gasteiger partial charge in [-0.3, -0.25) is 19.7 Å². The molecule has 2 aromatic heterocycles. The number of nitrogens with zero attached hydrogens (tertiary/aromatic N) is 8. The van der Waals surface area contributed by atoms with Crippen LogP contribution in [-0.2, 0) is 24.4 Å². The maximum atomic E-state index is 15.6. The molecule has 4 aliphatic rings. The van der Waals surface area contributed by atoms with Crippen LogP contribution in [0.4, 0.5) is 16.0 Å². The number of hydrogen-bond donors (Lipinski definition) is 4. The maximum absolute atomic E-state index is 15.6. The predicted octanol–water partition coefficient (Wildman–Crippen LogP) is 3.12. The lowest BCUT2D eigenvalue weighted by molar-refractivity contribution is -0.136. The van der Waals surface area contributed by atoms with E-state index in [0.29, 0.717) is 55.5 Å². The zero-order valence-electron chi connectivity index (χ0n) is 35.4. The van der Waals surface area contributed by atoms with Gasteiger partial charge in [-0.05, 0) is 95.2 Å². The molecule has 20 heteroatoms. The Morgan fingerprint density at radius 1 is 1.13 bits per heavy atom. The third-order valence-electron chi connectivity index (χ3n) is 12.4. The van der Waals surface area contributed by atoms with Crippen LogP contribution < -0.4 is 21.1 Å². The number of piperidine rings is 3. The van der Waals surface area contributed by atoms with Crippen molar-refractivity contribution in [3.8, 4) is 5.75 Å². The molecule has 332 valence electrons. The molecule has 62 heavy (non-hydrogen) atoms. The van der Waals surface area contributed by atoms with E-state index < -0.39 is 21.9 Å². The van der Waals surface area contributed by atoms with Crippen molar-refractivity contribution in [3.63, 3.8) is 0 Å². The van der Waals surface area contributed by atoms with Gasteiger partial charge in [-0.25, -0.2) is 17.8 Å². The van der Waals surface area contributed by atoms with Gasteiger partial charge in [0, 0.05) is 69.8 Å². The van der Waals surface area contributed by atoms with Gasteiger partial charge in [-0.15, -0.1) is 5.10 Å². The standard InChI is InChI=1S/C42H55FN12O6S/c1-26(2)61-39-37(29(21-44)22-45)46-24-55-40(39)49-42(50-55)47-33-9-8-30(20-32(33)43)62(59,60)54-18-12-27(13-19-54)23-53-16-14-28(15-17-53)31-6-5-7-34(38(31)51(3)25-56)52(4)35-10-11-36(57)48-41(35)58/h5-9,20-22,24-28,31,35,38,44H,10-19,23,45H2,1-4H3,(H,47,50)(H,48,57,58)/b29-22+,44-21?. The second kappa shape index (κ2) is 18.7. The fourth-order valence-electron chi connectivity index (χ4n) is 9.08. The van der Waals surface area contributed by atoms with Crippen molar-refractivity contribution in [1.82, 2.24) is 43.9 Å². The van der Waals surface area contributed by atoms with Gasteiger partial charge in [0.05, 0.1) is 22.7 Å². The van der Waals surface area contributed by atoms with Gasteiger partial charge in [-0.2, -0.15) is 13.8 Å². The molecular formula is C42H55FN12O6S. The minimum absolute atomic E-state index is 0.0215. The van der Waals surface area contributed by atoms with Crippen molar-refractivity contribution < 1.29 is 31.9 Å². The molecule has 3 saturated heterocycles. The summed E-state index contributed by atoms with van der Waals surface area (Å²) < 4.78 is 51.8. The number of likely N-dealkylation sites (tertiary alicyclic amines) is 1. The number of hydrogen-bond acceptors (Lipinski definition) is 14. The average molecular weight is 875 g/mol. The highest BCUT2D eigenvalue weighted by Crippen LogP contribution is 2.38. The Kier molecular flexibility index (Phi) is 13.4. The molecule has 7 rings (SSSR count). The number of carbonyl (C=O) groups excluding carboxylic acids is 3. The van der Waals surface area contributed by atoms with Crippen molar-refractivity contribution in [2.24, 2.45) is 23.5 Å². The quantitative estimate of drug-likeness (QED) is 0.0980. The van der Waals surface area contributed by atoms with Crippen molar-refractivity contribution in [2.75, 3.05) is 52.1 Å². The van der Waals surface area contributed by atoms with Gasteiger partial charge >= 0.3 is 0 Å². The van der Waals surface area contributed by atoms with E-state index in [1.165, 1.54) is 33.5 Å². The van der Waals surface area contributed by atoms with Gasteiger partial charge in [0.15, 0.2) is 5.75 Å². The summed E-state index contributed by atoms with van der Waals surface area (Å²) >= 11 is 0. The van der Waals surface area contributed by atoms with E-state index in [9.17, 15) is 22.8 Å². The third-order valence-corrected chi connectivity index (χ3v) is 14.3. The van der Waals surface area contributed by atoms with E-state index >= 15 is 4.39 Å². The Labute approximate surface area is 360 Å². The number of aromatic nitrogens is 4. The highest BCUT2D eigenvalue weighted by molar-refractivity contribution is 7.89. The first-order valence-corrected chi connectivity index (χ1v) is 22.4. The molecular weight excluding hydrogens is 820 g/mol. The molecule has 3 aliphatic heterocycles. The number of carbonyl (C=O) groups is 3. The SMILES string of the molecule is CC(C)Oc1c(/C(C=N)=C/N)ncn2nc(Nc3ccc(S(=O)(=O)N4CCC(CN5CCC(C6C=CC=C(N(C)C7CCC(=O)NC7=O)C6N(C)C=O)CC5)CC4)cc3F)nc12. The first-order valence-electron chi connectivity index (χ1n) is 21.0. The number of sulfonamides is 1. The molecule has 3 amide bonds. The molecule has 3 atom stereocenters. The van der Waals surface area contributed by atoms with E-state index in [1.807, 2.05) is 37.9 Å². The van der Waals surface area contributed by atoms with Crippen LogP contribution in [0.25, 0.3) is 11.2 Å². The molecule has 3 unspecified atom stereocenters. The van der Waals surface area contributed by atoms with E-state index in [4.69, 9.17) is 15.9 Å². The maximum Gasteiger partial charge on any atom is 0.249 e. The lowest BCUT2D eigenvalue weighted by atomic mass is 9.76. The molecule has 0 saturated carbocycles. The Hall–Kier alpha value is -5.73. The minimum atomic E-state index is -3.97. The van der Waals surface area contributed by atoms with E-state index in [-0.39, 0.29) is 64.2 Å². The number of allylic oxidation sites excluding steroid dienone is 3. The van der Waals surface area contributed by atoms with Gasteiger partial charge < -0.3 is 35.9 Å². The van der Waals surface area contributed by atoms with Crippen LogP contribution in [0.15, 0.2) is 59.5 Å². The molecule has 0 radical (unpaired) electrons. The van der Waals surface area contributed by atoms with Crippen LogP contribution in [0.5, 0.6) is 5.75 Å². The van der Waals surface area contributed by atoms with Crippen LogP contribution in [0.1, 0.15) is 58.1 Å². The Balaban J connectivity index is 0.930. The van der Waals surface area contributed by atoms with E-state index in [0.717, 1.165) is 56.9 Å². The number of amides is 3. The fourth-order valence-corrected chi connectivity index (χ4v) is 10.6. The summed E-state index contributed by atoms with van der Waals surface area (Å²) in [5.74, 6) is -0.447. The number of rotatable bonds is 15.